The standard InChI is InChI=1S/C23H34N4O4S/c1-18(28)27-21-9-8-20(32(30,31)26-14-3-2-4-15-26)16-19(21)17-22(27)23(29)24-10-7-13-25-11-5-6-12-25/h8-9,16,22H,2-7,10-15,17H2,1H3,(H,24,29). The number of likely N-dealkylation sites (tertiary alicyclic amines) is 1. The Morgan fingerprint density at radius 2 is 1.72 bits per heavy atom. The number of rotatable bonds is 7. The summed E-state index contributed by atoms with van der Waals surface area (Å²) >= 11 is 0. The third-order valence-electron chi connectivity index (χ3n) is 6.78. The second-order valence-electron chi connectivity index (χ2n) is 9.06. The number of piperidine rings is 1. The molecule has 2 saturated heterocycles. The van der Waals surface area contributed by atoms with Crippen molar-refractivity contribution in [2.24, 2.45) is 0 Å². The highest BCUT2D eigenvalue weighted by molar-refractivity contribution is 7.89. The summed E-state index contributed by atoms with van der Waals surface area (Å²) in [4.78, 5) is 29.4. The summed E-state index contributed by atoms with van der Waals surface area (Å²) in [6, 6.07) is 4.25. The highest BCUT2D eigenvalue weighted by Gasteiger charge is 2.38. The summed E-state index contributed by atoms with van der Waals surface area (Å²) in [5, 5.41) is 2.98. The van der Waals surface area contributed by atoms with Crippen LogP contribution in [0.3, 0.4) is 0 Å². The second kappa shape index (κ2) is 9.89. The predicted molar refractivity (Wildman–Crippen MR) is 123 cm³/mol. The average Bonchev–Trinajstić information content (AvgIpc) is 3.44. The van der Waals surface area contributed by atoms with Gasteiger partial charge in [-0.1, -0.05) is 6.42 Å². The molecule has 0 aromatic heterocycles. The Morgan fingerprint density at radius 3 is 2.41 bits per heavy atom. The molecule has 2 amide bonds. The van der Waals surface area contributed by atoms with Crippen molar-refractivity contribution >= 4 is 27.5 Å². The van der Waals surface area contributed by atoms with Gasteiger partial charge in [0.2, 0.25) is 21.8 Å². The molecule has 1 aromatic carbocycles. The van der Waals surface area contributed by atoms with Gasteiger partial charge in [-0.3, -0.25) is 14.5 Å². The monoisotopic (exact) mass is 462 g/mol. The summed E-state index contributed by atoms with van der Waals surface area (Å²) in [6.07, 6.45) is 6.51. The van der Waals surface area contributed by atoms with Crippen LogP contribution in [0.1, 0.15) is 51.0 Å². The van der Waals surface area contributed by atoms with Crippen molar-refractivity contribution in [3.8, 4) is 0 Å². The maximum atomic E-state index is 13.1. The lowest BCUT2D eigenvalue weighted by atomic mass is 10.1. The first kappa shape index (κ1) is 23.2. The first-order valence-corrected chi connectivity index (χ1v) is 13.2. The van der Waals surface area contributed by atoms with E-state index in [4.69, 9.17) is 0 Å². The smallest absolute Gasteiger partial charge is 0.243 e. The van der Waals surface area contributed by atoms with Crippen molar-refractivity contribution in [3.05, 3.63) is 23.8 Å². The molecule has 0 bridgehead atoms. The number of fused-ring (bicyclic) bond motifs is 1. The van der Waals surface area contributed by atoms with E-state index in [-0.39, 0.29) is 16.7 Å². The Labute approximate surface area is 191 Å². The first-order valence-electron chi connectivity index (χ1n) is 11.8. The van der Waals surface area contributed by atoms with E-state index in [0.717, 1.165) is 50.9 Å². The number of sulfonamides is 1. The highest BCUT2D eigenvalue weighted by Crippen LogP contribution is 2.35. The van der Waals surface area contributed by atoms with Crippen LogP contribution in [0.2, 0.25) is 0 Å². The number of carbonyl (C=O) groups is 2. The highest BCUT2D eigenvalue weighted by atomic mass is 32.2. The molecule has 0 spiro atoms. The lowest BCUT2D eigenvalue weighted by Gasteiger charge is -2.26. The van der Waals surface area contributed by atoms with E-state index >= 15 is 0 Å². The van der Waals surface area contributed by atoms with Gasteiger partial charge in [-0.15, -0.1) is 0 Å². The lowest BCUT2D eigenvalue weighted by Crippen LogP contribution is -2.47. The predicted octanol–water partition coefficient (Wildman–Crippen LogP) is 1.74. The molecule has 3 aliphatic rings. The summed E-state index contributed by atoms with van der Waals surface area (Å²) in [5.74, 6) is -0.397. The molecule has 1 aromatic rings. The molecule has 1 unspecified atom stereocenters. The third kappa shape index (κ3) is 4.84. The van der Waals surface area contributed by atoms with E-state index in [0.29, 0.717) is 31.7 Å². The van der Waals surface area contributed by atoms with Gasteiger partial charge >= 0.3 is 0 Å². The minimum atomic E-state index is -3.56. The van der Waals surface area contributed by atoms with Gasteiger partial charge in [0.15, 0.2) is 0 Å². The summed E-state index contributed by atoms with van der Waals surface area (Å²) in [7, 11) is -3.56. The van der Waals surface area contributed by atoms with Crippen LogP contribution >= 0.6 is 0 Å². The molecule has 3 heterocycles. The molecule has 32 heavy (non-hydrogen) atoms. The second-order valence-corrected chi connectivity index (χ2v) is 11.0. The molecule has 1 atom stereocenters. The molecule has 0 saturated carbocycles. The molecular weight excluding hydrogens is 428 g/mol. The van der Waals surface area contributed by atoms with Crippen LogP contribution in [0, 0.1) is 0 Å². The maximum Gasteiger partial charge on any atom is 0.243 e. The largest absolute Gasteiger partial charge is 0.354 e. The molecule has 1 N–H and O–H groups in total. The van der Waals surface area contributed by atoms with Crippen LogP contribution in [0.15, 0.2) is 23.1 Å². The van der Waals surface area contributed by atoms with Crippen molar-refractivity contribution in [3.63, 3.8) is 0 Å². The lowest BCUT2D eigenvalue weighted by molar-refractivity contribution is -0.125. The topological polar surface area (TPSA) is 90.0 Å². The van der Waals surface area contributed by atoms with Gasteiger partial charge in [0, 0.05) is 38.7 Å². The third-order valence-corrected chi connectivity index (χ3v) is 8.67. The Hall–Kier alpha value is -1.97. The number of carbonyl (C=O) groups excluding carboxylic acids is 2. The number of hydrogen-bond donors (Lipinski definition) is 1. The quantitative estimate of drug-likeness (QED) is 0.624. The van der Waals surface area contributed by atoms with Crippen LogP contribution in [-0.4, -0.2) is 74.7 Å². The van der Waals surface area contributed by atoms with Crippen molar-refractivity contribution in [2.75, 3.05) is 44.2 Å². The van der Waals surface area contributed by atoms with Crippen molar-refractivity contribution in [1.29, 1.82) is 0 Å². The number of nitrogens with one attached hydrogen (secondary N) is 1. The van der Waals surface area contributed by atoms with Crippen molar-refractivity contribution in [2.45, 2.75) is 62.8 Å². The molecule has 4 rings (SSSR count). The summed E-state index contributed by atoms with van der Waals surface area (Å²) in [5.41, 5.74) is 1.36. The Kier molecular flexibility index (Phi) is 7.17. The van der Waals surface area contributed by atoms with Crippen LogP contribution in [-0.2, 0) is 26.0 Å². The van der Waals surface area contributed by atoms with Crippen LogP contribution in [0.25, 0.3) is 0 Å². The van der Waals surface area contributed by atoms with Gasteiger partial charge in [0.05, 0.1) is 4.90 Å². The first-order chi connectivity index (χ1) is 15.4. The van der Waals surface area contributed by atoms with E-state index in [1.807, 2.05) is 0 Å². The van der Waals surface area contributed by atoms with Crippen LogP contribution in [0.4, 0.5) is 5.69 Å². The van der Waals surface area contributed by atoms with E-state index < -0.39 is 16.1 Å². The molecule has 8 nitrogen and oxygen atoms in total. The van der Waals surface area contributed by atoms with Gasteiger partial charge in [-0.2, -0.15) is 4.31 Å². The number of amides is 2. The van der Waals surface area contributed by atoms with E-state index in [1.165, 1.54) is 24.7 Å². The Bertz CT molecular complexity index is 953. The average molecular weight is 463 g/mol. The number of benzene rings is 1. The van der Waals surface area contributed by atoms with Gasteiger partial charge < -0.3 is 10.2 Å². The minimum absolute atomic E-state index is 0.182. The SMILES string of the molecule is CC(=O)N1c2ccc(S(=O)(=O)N3CCCCC3)cc2CC1C(=O)NCCCN1CCCC1. The fraction of sp³-hybridized carbons (Fsp3) is 0.652. The molecule has 2 fully saturated rings. The Morgan fingerprint density at radius 1 is 1.03 bits per heavy atom. The van der Waals surface area contributed by atoms with Gasteiger partial charge in [-0.25, -0.2) is 8.42 Å². The zero-order chi connectivity index (χ0) is 22.7. The van der Waals surface area contributed by atoms with Gasteiger partial charge in [-0.05, 0) is 75.5 Å². The van der Waals surface area contributed by atoms with Crippen LogP contribution in [0.5, 0.6) is 0 Å². The molecule has 3 aliphatic heterocycles. The van der Waals surface area contributed by atoms with Gasteiger partial charge in [0.1, 0.15) is 6.04 Å². The van der Waals surface area contributed by atoms with Gasteiger partial charge in [0.25, 0.3) is 0 Å². The number of hydrogen-bond acceptors (Lipinski definition) is 5. The zero-order valence-electron chi connectivity index (χ0n) is 18.9. The number of nitrogens with zero attached hydrogens (tertiary/aromatic N) is 3. The van der Waals surface area contributed by atoms with Crippen molar-refractivity contribution < 1.29 is 18.0 Å². The normalized spacial score (nSPS) is 22.2. The fourth-order valence-electron chi connectivity index (χ4n) is 5.08. The summed E-state index contributed by atoms with van der Waals surface area (Å²) in [6.45, 7) is 6.34. The Balaban J connectivity index is 1.44. The van der Waals surface area contributed by atoms with E-state index in [2.05, 4.69) is 10.2 Å². The summed E-state index contributed by atoms with van der Waals surface area (Å²) < 4.78 is 27.7. The molecule has 9 heteroatoms. The van der Waals surface area contributed by atoms with Crippen LogP contribution < -0.4 is 10.2 Å². The minimum Gasteiger partial charge on any atom is -0.354 e. The fourth-order valence-corrected chi connectivity index (χ4v) is 6.65. The van der Waals surface area contributed by atoms with Crippen molar-refractivity contribution in [1.82, 2.24) is 14.5 Å². The van der Waals surface area contributed by atoms with E-state index in [1.54, 1.807) is 22.5 Å². The number of anilines is 1. The molecular formula is C23H34N4O4S. The van der Waals surface area contributed by atoms with E-state index in [9.17, 15) is 18.0 Å². The molecule has 176 valence electrons. The molecule has 0 radical (unpaired) electrons. The maximum absolute atomic E-state index is 13.1. The zero-order valence-corrected chi connectivity index (χ0v) is 19.7. The molecule has 0 aliphatic carbocycles.